The van der Waals surface area contributed by atoms with Crippen molar-refractivity contribution in [1.29, 1.82) is 0 Å². The molecule has 2 heterocycles. The Morgan fingerprint density at radius 2 is 2.24 bits per heavy atom. The van der Waals surface area contributed by atoms with Gasteiger partial charge in [-0.2, -0.15) is 0 Å². The van der Waals surface area contributed by atoms with Gasteiger partial charge >= 0.3 is 0 Å². The number of carbonyl (C=O) groups is 2. The van der Waals surface area contributed by atoms with Crippen LogP contribution in [0.2, 0.25) is 0 Å². The van der Waals surface area contributed by atoms with Crippen LogP contribution in [0.3, 0.4) is 0 Å². The third-order valence-corrected chi connectivity index (χ3v) is 4.55. The number of benzene rings is 1. The van der Waals surface area contributed by atoms with E-state index in [1.807, 2.05) is 24.3 Å². The van der Waals surface area contributed by atoms with Gasteiger partial charge in [0, 0.05) is 18.4 Å². The van der Waals surface area contributed by atoms with E-state index >= 15 is 0 Å². The van der Waals surface area contributed by atoms with Crippen molar-refractivity contribution >= 4 is 23.6 Å². The standard InChI is InChI=1S/C12H12N2O2S/c1-13-10(15)9-6-17-12-8-5-3-2-4-7(8)11(16)14(9)12/h2-5,9,12H,6H2,1H3,(H,13,15)/t9-,12?/m0/s1. The fraction of sp³-hybridized carbons (Fsp3) is 0.333. The molecule has 1 fully saturated rings. The Morgan fingerprint density at radius 1 is 1.47 bits per heavy atom. The molecule has 17 heavy (non-hydrogen) atoms. The minimum absolute atomic E-state index is 0.0148. The molecule has 1 aromatic rings. The van der Waals surface area contributed by atoms with Crippen molar-refractivity contribution in [3.05, 3.63) is 35.4 Å². The first-order valence-corrected chi connectivity index (χ1v) is 6.53. The summed E-state index contributed by atoms with van der Waals surface area (Å²) >= 11 is 1.66. The lowest BCUT2D eigenvalue weighted by Gasteiger charge is -2.21. The Balaban J connectivity index is 2.01. The summed E-state index contributed by atoms with van der Waals surface area (Å²) in [5, 5.41) is 2.64. The maximum Gasteiger partial charge on any atom is 0.256 e. The highest BCUT2D eigenvalue weighted by molar-refractivity contribution is 7.99. The van der Waals surface area contributed by atoms with E-state index in [1.54, 1.807) is 23.7 Å². The predicted octanol–water partition coefficient (Wildman–Crippen LogP) is 1.00. The van der Waals surface area contributed by atoms with Gasteiger partial charge < -0.3 is 10.2 Å². The Hall–Kier alpha value is -1.49. The molecule has 0 aliphatic carbocycles. The van der Waals surface area contributed by atoms with Crippen LogP contribution < -0.4 is 5.32 Å². The minimum Gasteiger partial charge on any atom is -0.357 e. The summed E-state index contributed by atoms with van der Waals surface area (Å²) < 4.78 is 0. The molecule has 4 nitrogen and oxygen atoms in total. The van der Waals surface area contributed by atoms with Crippen molar-refractivity contribution in [2.24, 2.45) is 0 Å². The number of rotatable bonds is 1. The van der Waals surface area contributed by atoms with E-state index < -0.39 is 0 Å². The van der Waals surface area contributed by atoms with Crippen LogP contribution >= 0.6 is 11.8 Å². The van der Waals surface area contributed by atoms with E-state index in [-0.39, 0.29) is 23.2 Å². The normalized spacial score (nSPS) is 25.7. The van der Waals surface area contributed by atoms with Crippen molar-refractivity contribution in [2.45, 2.75) is 11.4 Å². The molecule has 1 saturated heterocycles. The van der Waals surface area contributed by atoms with Crippen LogP contribution in [0.25, 0.3) is 0 Å². The van der Waals surface area contributed by atoms with Gasteiger partial charge in [0.05, 0.1) is 0 Å². The molecule has 1 unspecified atom stereocenters. The number of likely N-dealkylation sites (N-methyl/N-ethyl adjacent to an activating group) is 1. The highest BCUT2D eigenvalue weighted by Gasteiger charge is 2.47. The molecule has 5 heteroatoms. The maximum absolute atomic E-state index is 12.2. The Morgan fingerprint density at radius 3 is 3.00 bits per heavy atom. The molecule has 2 atom stereocenters. The van der Waals surface area contributed by atoms with Gasteiger partial charge in [-0.15, -0.1) is 11.8 Å². The molecule has 88 valence electrons. The quantitative estimate of drug-likeness (QED) is 0.806. The second kappa shape index (κ2) is 3.77. The average Bonchev–Trinajstić information content (AvgIpc) is 2.91. The number of nitrogens with zero attached hydrogens (tertiary/aromatic N) is 1. The molecule has 2 amide bonds. The molecule has 3 rings (SSSR count). The first-order chi connectivity index (χ1) is 8.24. The number of fused-ring (bicyclic) bond motifs is 3. The number of hydrogen-bond donors (Lipinski definition) is 1. The van der Waals surface area contributed by atoms with Crippen molar-refractivity contribution in [2.75, 3.05) is 12.8 Å². The zero-order valence-corrected chi connectivity index (χ0v) is 10.2. The van der Waals surface area contributed by atoms with E-state index in [4.69, 9.17) is 0 Å². The smallest absolute Gasteiger partial charge is 0.256 e. The Labute approximate surface area is 103 Å². The SMILES string of the molecule is CNC(=O)[C@@H]1CSC2c3ccccc3C(=O)N21. The van der Waals surface area contributed by atoms with Crippen LogP contribution in [0.1, 0.15) is 21.3 Å². The zero-order chi connectivity index (χ0) is 12.0. The summed E-state index contributed by atoms with van der Waals surface area (Å²) in [5.74, 6) is 0.565. The van der Waals surface area contributed by atoms with Crippen molar-refractivity contribution in [3.8, 4) is 0 Å². The van der Waals surface area contributed by atoms with E-state index in [1.165, 1.54) is 0 Å². The molecule has 0 saturated carbocycles. The first kappa shape index (κ1) is 10.7. The lowest BCUT2D eigenvalue weighted by molar-refractivity contribution is -0.124. The molecule has 0 spiro atoms. The van der Waals surface area contributed by atoms with Crippen LogP contribution in [0.5, 0.6) is 0 Å². The number of hydrogen-bond acceptors (Lipinski definition) is 3. The zero-order valence-electron chi connectivity index (χ0n) is 9.34. The Kier molecular flexibility index (Phi) is 2.36. The van der Waals surface area contributed by atoms with Crippen LogP contribution in [0.4, 0.5) is 0 Å². The van der Waals surface area contributed by atoms with Crippen molar-refractivity contribution in [1.82, 2.24) is 10.2 Å². The number of nitrogens with one attached hydrogen (secondary N) is 1. The van der Waals surface area contributed by atoms with Gasteiger partial charge in [-0.1, -0.05) is 18.2 Å². The van der Waals surface area contributed by atoms with E-state index in [2.05, 4.69) is 5.32 Å². The molecule has 2 aliphatic rings. The number of carbonyl (C=O) groups excluding carboxylic acids is 2. The van der Waals surface area contributed by atoms with Crippen molar-refractivity contribution < 1.29 is 9.59 Å². The molecule has 0 aromatic heterocycles. The second-order valence-corrected chi connectivity index (χ2v) is 5.23. The predicted molar refractivity (Wildman–Crippen MR) is 65.7 cm³/mol. The van der Waals surface area contributed by atoms with Gasteiger partial charge in [0.15, 0.2) is 0 Å². The van der Waals surface area contributed by atoms with Crippen LogP contribution in [-0.2, 0) is 4.79 Å². The fourth-order valence-corrected chi connectivity index (χ4v) is 3.87. The molecule has 1 aromatic carbocycles. The highest BCUT2D eigenvalue weighted by Crippen LogP contribution is 2.47. The molecule has 0 radical (unpaired) electrons. The summed E-state index contributed by atoms with van der Waals surface area (Å²) in [6.07, 6.45) is 0. The van der Waals surface area contributed by atoms with Crippen LogP contribution in [0, 0.1) is 0 Å². The summed E-state index contributed by atoms with van der Waals surface area (Å²) in [7, 11) is 1.61. The van der Waals surface area contributed by atoms with Crippen LogP contribution in [-0.4, -0.2) is 35.6 Å². The van der Waals surface area contributed by atoms with Gasteiger partial charge in [-0.05, 0) is 11.6 Å². The summed E-state index contributed by atoms with van der Waals surface area (Å²) in [6.45, 7) is 0. The summed E-state index contributed by atoms with van der Waals surface area (Å²) in [6, 6.07) is 7.26. The van der Waals surface area contributed by atoms with Crippen molar-refractivity contribution in [3.63, 3.8) is 0 Å². The lowest BCUT2D eigenvalue weighted by atomic mass is 10.1. The van der Waals surface area contributed by atoms with Crippen LogP contribution in [0.15, 0.2) is 24.3 Å². The Bertz CT molecular complexity index is 503. The maximum atomic E-state index is 12.2. The second-order valence-electron chi connectivity index (χ2n) is 4.12. The largest absolute Gasteiger partial charge is 0.357 e. The molecule has 1 N–H and O–H groups in total. The number of amides is 2. The topological polar surface area (TPSA) is 49.4 Å². The third kappa shape index (κ3) is 1.38. The van der Waals surface area contributed by atoms with Gasteiger partial charge in [-0.3, -0.25) is 9.59 Å². The number of thioether (sulfide) groups is 1. The molecular weight excluding hydrogens is 236 g/mol. The monoisotopic (exact) mass is 248 g/mol. The first-order valence-electron chi connectivity index (χ1n) is 5.49. The minimum atomic E-state index is -0.338. The van der Waals surface area contributed by atoms with Gasteiger partial charge in [0.2, 0.25) is 5.91 Å². The van der Waals surface area contributed by atoms with Gasteiger partial charge in [-0.25, -0.2) is 0 Å². The summed E-state index contributed by atoms with van der Waals surface area (Å²) in [4.78, 5) is 25.7. The molecular formula is C12H12N2O2S. The average molecular weight is 248 g/mol. The van der Waals surface area contributed by atoms with Gasteiger partial charge in [0.25, 0.3) is 5.91 Å². The molecule has 0 bridgehead atoms. The third-order valence-electron chi connectivity index (χ3n) is 3.24. The summed E-state index contributed by atoms with van der Waals surface area (Å²) in [5.41, 5.74) is 1.77. The van der Waals surface area contributed by atoms with Gasteiger partial charge in [0.1, 0.15) is 11.4 Å². The van der Waals surface area contributed by atoms with E-state index in [0.29, 0.717) is 5.75 Å². The fourth-order valence-electron chi connectivity index (χ4n) is 2.41. The highest BCUT2D eigenvalue weighted by atomic mass is 32.2. The van der Waals surface area contributed by atoms with E-state index in [0.717, 1.165) is 11.1 Å². The molecule has 2 aliphatic heterocycles. The lowest BCUT2D eigenvalue weighted by Crippen LogP contribution is -2.44. The van der Waals surface area contributed by atoms with E-state index in [9.17, 15) is 9.59 Å².